The quantitative estimate of drug-likeness (QED) is 0.869. The number of ether oxygens (including phenoxy) is 2. The molecular weight excluding hydrogens is 366 g/mol. The second kappa shape index (κ2) is 7.26. The second-order valence-electron chi connectivity index (χ2n) is 8.38. The number of hydrogen-bond donors (Lipinski definition) is 1. The van der Waals surface area contributed by atoms with Gasteiger partial charge in [0.15, 0.2) is 17.6 Å². The average molecular weight is 393 g/mol. The van der Waals surface area contributed by atoms with Gasteiger partial charge >= 0.3 is 6.03 Å². The molecule has 2 aromatic carbocycles. The highest BCUT2D eigenvalue weighted by molar-refractivity contribution is 5.73. The third-order valence-corrected chi connectivity index (χ3v) is 6.54. The third kappa shape index (κ3) is 3.42. The van der Waals surface area contributed by atoms with Crippen LogP contribution in [0.15, 0.2) is 48.5 Å². The smallest absolute Gasteiger partial charge is 0.315 e. The van der Waals surface area contributed by atoms with E-state index in [1.165, 1.54) is 5.56 Å². The number of rotatable bonds is 3. The number of nitrogens with two attached hydrogens (primary N) is 1. The number of carbonyl (C=O) groups excluding carboxylic acids is 1. The maximum absolute atomic E-state index is 11.8. The van der Waals surface area contributed by atoms with Gasteiger partial charge in [0.2, 0.25) is 0 Å². The van der Waals surface area contributed by atoms with Crippen molar-refractivity contribution in [3.63, 3.8) is 0 Å². The van der Waals surface area contributed by atoms with E-state index in [2.05, 4.69) is 29.2 Å². The van der Waals surface area contributed by atoms with E-state index >= 15 is 0 Å². The van der Waals surface area contributed by atoms with Crippen LogP contribution < -0.4 is 15.2 Å². The number of carbonyl (C=O) groups is 1. The van der Waals surface area contributed by atoms with Crippen LogP contribution in [0.1, 0.15) is 36.5 Å². The highest BCUT2D eigenvalue weighted by Crippen LogP contribution is 2.38. The molecule has 2 amide bonds. The molecule has 1 unspecified atom stereocenters. The van der Waals surface area contributed by atoms with Crippen molar-refractivity contribution in [2.24, 2.45) is 5.73 Å². The molecule has 2 N–H and O–H groups in total. The van der Waals surface area contributed by atoms with E-state index in [9.17, 15) is 4.79 Å². The number of nitrogens with zero attached hydrogens (tertiary/aromatic N) is 2. The van der Waals surface area contributed by atoms with Gasteiger partial charge in [0.05, 0.1) is 5.54 Å². The number of fused-ring (bicyclic) bond motifs is 1. The lowest BCUT2D eigenvalue weighted by molar-refractivity contribution is 0.0913. The first-order valence-corrected chi connectivity index (χ1v) is 10.4. The summed E-state index contributed by atoms with van der Waals surface area (Å²) in [6.45, 7) is 4.12. The minimum atomic E-state index is -0.273. The van der Waals surface area contributed by atoms with E-state index in [1.54, 1.807) is 0 Å². The highest BCUT2D eigenvalue weighted by atomic mass is 16.6. The number of likely N-dealkylation sites (tertiary alicyclic amines) is 2. The average Bonchev–Trinajstić information content (AvgIpc) is 3.35. The van der Waals surface area contributed by atoms with Crippen molar-refractivity contribution in [2.45, 2.75) is 37.5 Å². The van der Waals surface area contributed by atoms with Crippen LogP contribution in [0, 0.1) is 0 Å². The van der Waals surface area contributed by atoms with Gasteiger partial charge < -0.3 is 20.1 Å². The largest absolute Gasteiger partial charge is 0.485 e. The Morgan fingerprint density at radius 3 is 2.66 bits per heavy atom. The SMILES string of the molecule is NC(=O)N1CCCC12CCN(Cc1ccc([C@H]3COc4ccccc4O3)cc1)C2. The molecule has 5 rings (SSSR count). The first kappa shape index (κ1) is 18.3. The van der Waals surface area contributed by atoms with Gasteiger partial charge in [0.25, 0.3) is 0 Å². The number of para-hydroxylation sites is 2. The standard InChI is InChI=1S/C23H27N3O3/c24-22(27)26-12-3-10-23(26)11-13-25(16-23)14-17-6-8-18(9-7-17)21-15-28-19-4-1-2-5-20(19)29-21/h1-2,4-9,21H,3,10-16H2,(H2,24,27)/t21-,23?/m1/s1. The summed E-state index contributed by atoms with van der Waals surface area (Å²) in [6.07, 6.45) is 3.04. The number of hydrogen-bond acceptors (Lipinski definition) is 4. The van der Waals surface area contributed by atoms with Gasteiger partial charge in [-0.1, -0.05) is 36.4 Å². The molecule has 0 aliphatic carbocycles. The van der Waals surface area contributed by atoms with Gasteiger partial charge in [-0.3, -0.25) is 4.90 Å². The lowest BCUT2D eigenvalue weighted by Gasteiger charge is -2.34. The highest BCUT2D eigenvalue weighted by Gasteiger charge is 2.47. The monoisotopic (exact) mass is 393 g/mol. The summed E-state index contributed by atoms with van der Waals surface area (Å²) in [5, 5.41) is 0. The molecule has 6 heteroatoms. The van der Waals surface area contributed by atoms with Crippen molar-refractivity contribution < 1.29 is 14.3 Å². The molecule has 0 radical (unpaired) electrons. The topological polar surface area (TPSA) is 68.0 Å². The molecule has 3 aliphatic rings. The Morgan fingerprint density at radius 2 is 1.86 bits per heavy atom. The van der Waals surface area contributed by atoms with E-state index < -0.39 is 0 Å². The molecule has 3 heterocycles. The van der Waals surface area contributed by atoms with E-state index in [0.29, 0.717) is 6.61 Å². The molecule has 2 fully saturated rings. The van der Waals surface area contributed by atoms with Crippen molar-refractivity contribution in [2.75, 3.05) is 26.2 Å². The number of amides is 2. The van der Waals surface area contributed by atoms with Gasteiger partial charge in [-0.25, -0.2) is 4.79 Å². The predicted octanol–water partition coefficient (Wildman–Crippen LogP) is 3.32. The minimum Gasteiger partial charge on any atom is -0.485 e. The molecule has 6 nitrogen and oxygen atoms in total. The fourth-order valence-electron chi connectivity index (χ4n) is 5.06. The molecule has 0 aromatic heterocycles. The summed E-state index contributed by atoms with van der Waals surface area (Å²) >= 11 is 0. The predicted molar refractivity (Wildman–Crippen MR) is 110 cm³/mol. The first-order chi connectivity index (χ1) is 14.1. The molecule has 152 valence electrons. The molecule has 0 bridgehead atoms. The van der Waals surface area contributed by atoms with Crippen LogP contribution in [0.2, 0.25) is 0 Å². The normalized spacial score (nSPS) is 26.2. The van der Waals surface area contributed by atoms with Gasteiger partial charge in [-0.2, -0.15) is 0 Å². The van der Waals surface area contributed by atoms with E-state index in [0.717, 1.165) is 62.5 Å². The second-order valence-corrected chi connectivity index (χ2v) is 8.38. The van der Waals surface area contributed by atoms with Gasteiger partial charge in [0.1, 0.15) is 6.61 Å². The Bertz CT molecular complexity index is 900. The lowest BCUT2D eigenvalue weighted by Crippen LogP contribution is -2.51. The van der Waals surface area contributed by atoms with Crippen molar-refractivity contribution in [3.8, 4) is 11.5 Å². The van der Waals surface area contributed by atoms with Crippen LogP contribution in [0.4, 0.5) is 4.79 Å². The molecule has 3 aliphatic heterocycles. The molecular formula is C23H27N3O3. The lowest BCUT2D eigenvalue weighted by atomic mass is 9.95. The number of urea groups is 1. The van der Waals surface area contributed by atoms with Crippen LogP contribution in [0.5, 0.6) is 11.5 Å². The molecule has 2 saturated heterocycles. The van der Waals surface area contributed by atoms with Crippen LogP contribution in [-0.2, 0) is 6.54 Å². The maximum atomic E-state index is 11.8. The zero-order chi connectivity index (χ0) is 19.8. The number of primary amides is 1. The Balaban J connectivity index is 1.22. The summed E-state index contributed by atoms with van der Waals surface area (Å²) in [6, 6.07) is 16.1. The zero-order valence-corrected chi connectivity index (χ0v) is 16.5. The van der Waals surface area contributed by atoms with E-state index in [-0.39, 0.29) is 17.7 Å². The van der Waals surface area contributed by atoms with Crippen molar-refractivity contribution in [3.05, 3.63) is 59.7 Å². The van der Waals surface area contributed by atoms with Crippen LogP contribution in [-0.4, -0.2) is 47.6 Å². The summed E-state index contributed by atoms with van der Waals surface area (Å²) in [4.78, 5) is 16.1. The molecule has 0 saturated carbocycles. The van der Waals surface area contributed by atoms with Crippen LogP contribution in [0.25, 0.3) is 0 Å². The fourth-order valence-corrected chi connectivity index (χ4v) is 5.06. The summed E-state index contributed by atoms with van der Waals surface area (Å²) in [7, 11) is 0. The summed E-state index contributed by atoms with van der Waals surface area (Å²) < 4.78 is 11.9. The van der Waals surface area contributed by atoms with Gasteiger partial charge in [-0.15, -0.1) is 0 Å². The molecule has 2 atom stereocenters. The van der Waals surface area contributed by atoms with Crippen molar-refractivity contribution >= 4 is 6.03 Å². The minimum absolute atomic E-state index is 0.0492. The first-order valence-electron chi connectivity index (χ1n) is 10.4. The maximum Gasteiger partial charge on any atom is 0.315 e. The van der Waals surface area contributed by atoms with E-state index in [4.69, 9.17) is 15.2 Å². The fraction of sp³-hybridized carbons (Fsp3) is 0.435. The van der Waals surface area contributed by atoms with Gasteiger partial charge in [0, 0.05) is 26.2 Å². The zero-order valence-electron chi connectivity index (χ0n) is 16.5. The summed E-state index contributed by atoms with van der Waals surface area (Å²) in [5.41, 5.74) is 7.96. The Morgan fingerprint density at radius 1 is 1.07 bits per heavy atom. The molecule has 29 heavy (non-hydrogen) atoms. The van der Waals surface area contributed by atoms with Crippen molar-refractivity contribution in [1.82, 2.24) is 9.80 Å². The Kier molecular flexibility index (Phi) is 4.59. The van der Waals surface area contributed by atoms with Gasteiger partial charge in [-0.05, 0) is 42.5 Å². The Hall–Kier alpha value is -2.73. The van der Waals surface area contributed by atoms with Crippen LogP contribution >= 0.6 is 0 Å². The van der Waals surface area contributed by atoms with Crippen molar-refractivity contribution in [1.29, 1.82) is 0 Å². The Labute approximate surface area is 171 Å². The third-order valence-electron chi connectivity index (χ3n) is 6.54. The number of benzene rings is 2. The summed E-state index contributed by atoms with van der Waals surface area (Å²) in [5.74, 6) is 1.60. The molecule has 1 spiro atoms. The van der Waals surface area contributed by atoms with E-state index in [1.807, 2.05) is 29.2 Å². The molecule has 2 aromatic rings. The van der Waals surface area contributed by atoms with Crippen LogP contribution in [0.3, 0.4) is 0 Å².